The largest absolute Gasteiger partial charge is 0.427 e. The Morgan fingerprint density at radius 2 is 1.81 bits per heavy atom. The molecule has 0 spiro atoms. The van der Waals surface area contributed by atoms with E-state index in [1.807, 2.05) is 6.92 Å². The van der Waals surface area contributed by atoms with Crippen molar-refractivity contribution in [1.82, 2.24) is 5.32 Å². The lowest BCUT2D eigenvalue weighted by molar-refractivity contribution is -0.131. The maximum absolute atomic E-state index is 12.3. The fourth-order valence-electron chi connectivity index (χ4n) is 3.27. The summed E-state index contributed by atoms with van der Waals surface area (Å²) >= 11 is 0. The van der Waals surface area contributed by atoms with Crippen LogP contribution in [0.5, 0.6) is 5.75 Å². The lowest BCUT2D eigenvalue weighted by Gasteiger charge is -2.20. The number of carbonyl (C=O) groups is 2. The van der Waals surface area contributed by atoms with Gasteiger partial charge in [-0.15, -0.1) is 0 Å². The molecule has 5 heteroatoms. The molecule has 0 bridgehead atoms. The van der Waals surface area contributed by atoms with Gasteiger partial charge in [-0.25, -0.2) is 4.79 Å². The van der Waals surface area contributed by atoms with Gasteiger partial charge < -0.3 is 15.4 Å². The highest BCUT2D eigenvalue weighted by molar-refractivity contribution is 5.89. The van der Waals surface area contributed by atoms with Gasteiger partial charge in [0, 0.05) is 18.7 Å². The molecule has 26 heavy (non-hydrogen) atoms. The Kier molecular flexibility index (Phi) is 5.56. The quantitative estimate of drug-likeness (QED) is 0.634. The van der Waals surface area contributed by atoms with E-state index < -0.39 is 5.97 Å². The van der Waals surface area contributed by atoms with E-state index in [9.17, 15) is 9.59 Å². The van der Waals surface area contributed by atoms with Gasteiger partial charge in [0.05, 0.1) is 6.04 Å². The van der Waals surface area contributed by atoms with Crippen LogP contribution in [0.2, 0.25) is 0 Å². The van der Waals surface area contributed by atoms with Crippen LogP contribution in [0.3, 0.4) is 0 Å². The molecule has 1 aliphatic rings. The summed E-state index contributed by atoms with van der Waals surface area (Å²) in [5.41, 5.74) is 4.50. The first-order valence-electron chi connectivity index (χ1n) is 8.99. The maximum atomic E-state index is 12.3. The first kappa shape index (κ1) is 18.0. The third kappa shape index (κ3) is 4.63. The highest BCUT2D eigenvalue weighted by Gasteiger charge is 2.14. The zero-order chi connectivity index (χ0) is 18.5. The van der Waals surface area contributed by atoms with Crippen LogP contribution in [-0.4, -0.2) is 12.0 Å². The van der Waals surface area contributed by atoms with E-state index in [2.05, 4.69) is 28.8 Å². The fourth-order valence-corrected chi connectivity index (χ4v) is 3.27. The number of aryl methyl sites for hydroxylation is 2. The molecule has 2 amide bonds. The van der Waals surface area contributed by atoms with Crippen LogP contribution in [0, 0.1) is 0 Å². The number of nitrogens with one attached hydrogen (secondary N) is 2. The highest BCUT2D eigenvalue weighted by Crippen LogP contribution is 2.25. The van der Waals surface area contributed by atoms with Crippen molar-refractivity contribution in [3.63, 3.8) is 0 Å². The Balaban J connectivity index is 1.62. The van der Waals surface area contributed by atoms with E-state index in [1.54, 1.807) is 24.3 Å². The van der Waals surface area contributed by atoms with Gasteiger partial charge in [-0.3, -0.25) is 4.79 Å². The zero-order valence-corrected chi connectivity index (χ0v) is 15.2. The highest BCUT2D eigenvalue weighted by atomic mass is 16.5. The molecule has 2 aromatic carbocycles. The molecule has 136 valence electrons. The average molecular weight is 352 g/mol. The van der Waals surface area contributed by atoms with Crippen LogP contribution < -0.4 is 15.4 Å². The van der Waals surface area contributed by atoms with Crippen LogP contribution in [0.1, 0.15) is 49.4 Å². The predicted octanol–water partition coefficient (Wildman–Crippen LogP) is 4.37. The minimum Gasteiger partial charge on any atom is -0.427 e. The van der Waals surface area contributed by atoms with E-state index in [0.717, 1.165) is 18.4 Å². The van der Waals surface area contributed by atoms with E-state index in [1.165, 1.54) is 30.9 Å². The molecule has 0 radical (unpaired) electrons. The molecule has 1 atom stereocenters. The number of benzene rings is 2. The Morgan fingerprint density at radius 1 is 1.04 bits per heavy atom. The van der Waals surface area contributed by atoms with Gasteiger partial charge in [0.2, 0.25) is 0 Å². The third-order valence-corrected chi connectivity index (χ3v) is 4.57. The molecule has 0 heterocycles. The van der Waals surface area contributed by atoms with Gasteiger partial charge in [-0.1, -0.05) is 24.3 Å². The molecule has 1 aliphatic carbocycles. The summed E-state index contributed by atoms with van der Waals surface area (Å²) in [6.45, 7) is 3.31. The lowest BCUT2D eigenvalue weighted by Crippen LogP contribution is -2.31. The van der Waals surface area contributed by atoms with Crippen LogP contribution in [0.25, 0.3) is 0 Å². The van der Waals surface area contributed by atoms with Crippen molar-refractivity contribution in [2.75, 3.05) is 5.32 Å². The summed E-state index contributed by atoms with van der Waals surface area (Å²) in [5.74, 6) is 0.00525. The molecule has 0 fully saturated rings. The number of ether oxygens (including phenoxy) is 1. The van der Waals surface area contributed by atoms with Crippen molar-refractivity contribution < 1.29 is 14.3 Å². The molecule has 0 saturated heterocycles. The summed E-state index contributed by atoms with van der Waals surface area (Å²) in [6.07, 6.45) is 4.76. The van der Waals surface area contributed by atoms with E-state index in [4.69, 9.17) is 4.74 Å². The number of amides is 2. The number of hydrogen-bond donors (Lipinski definition) is 2. The van der Waals surface area contributed by atoms with Crippen molar-refractivity contribution >= 4 is 17.7 Å². The van der Waals surface area contributed by atoms with E-state index in [0.29, 0.717) is 11.4 Å². The van der Waals surface area contributed by atoms with Crippen LogP contribution in [0.15, 0.2) is 42.5 Å². The minimum absolute atomic E-state index is 0.0983. The third-order valence-electron chi connectivity index (χ3n) is 4.57. The summed E-state index contributed by atoms with van der Waals surface area (Å²) in [4.78, 5) is 23.3. The monoisotopic (exact) mass is 352 g/mol. The second kappa shape index (κ2) is 8.04. The Bertz CT molecular complexity index is 817. The molecule has 5 nitrogen and oxygen atoms in total. The summed E-state index contributed by atoms with van der Waals surface area (Å²) in [7, 11) is 0. The first-order valence-corrected chi connectivity index (χ1v) is 8.99. The molecule has 0 aliphatic heterocycles. The van der Waals surface area contributed by atoms with E-state index >= 15 is 0 Å². The zero-order valence-electron chi connectivity index (χ0n) is 15.2. The fraction of sp³-hybridized carbons (Fsp3) is 0.333. The second-order valence-electron chi connectivity index (χ2n) is 6.68. The van der Waals surface area contributed by atoms with Crippen molar-refractivity contribution in [3.05, 3.63) is 59.2 Å². The topological polar surface area (TPSA) is 67.4 Å². The second-order valence-corrected chi connectivity index (χ2v) is 6.68. The molecular formula is C21H24N2O3. The van der Waals surface area contributed by atoms with Crippen LogP contribution in [0.4, 0.5) is 10.5 Å². The summed E-state index contributed by atoms with van der Waals surface area (Å²) in [5, 5.41) is 5.73. The summed E-state index contributed by atoms with van der Waals surface area (Å²) < 4.78 is 5.03. The number of carbonyl (C=O) groups excluding carboxylic acids is 2. The SMILES string of the molecule is CC(=O)Oc1cccc(NC(=O)NC(C)c2ccc3c(c2)CCCC3)c1. The molecule has 3 rings (SSSR count). The molecule has 0 aromatic heterocycles. The number of esters is 1. The van der Waals surface area contributed by atoms with E-state index in [-0.39, 0.29) is 12.1 Å². The van der Waals surface area contributed by atoms with Gasteiger partial charge in [0.1, 0.15) is 5.75 Å². The van der Waals surface area contributed by atoms with Gasteiger partial charge >= 0.3 is 12.0 Å². The molecule has 2 aromatic rings. The van der Waals surface area contributed by atoms with Gasteiger partial charge in [0.15, 0.2) is 0 Å². The predicted molar refractivity (Wildman–Crippen MR) is 101 cm³/mol. The molecule has 2 N–H and O–H groups in total. The Hall–Kier alpha value is -2.82. The van der Waals surface area contributed by atoms with Gasteiger partial charge in [0.25, 0.3) is 0 Å². The first-order chi connectivity index (χ1) is 12.5. The molecule has 1 unspecified atom stereocenters. The Morgan fingerprint density at radius 3 is 2.58 bits per heavy atom. The van der Waals surface area contributed by atoms with Crippen molar-refractivity contribution in [2.24, 2.45) is 0 Å². The van der Waals surface area contributed by atoms with Gasteiger partial charge in [-0.05, 0) is 61.4 Å². The lowest BCUT2D eigenvalue weighted by atomic mass is 9.89. The standard InChI is InChI=1S/C21H24N2O3/c1-14(17-11-10-16-6-3-4-7-18(16)12-17)22-21(25)23-19-8-5-9-20(13-19)26-15(2)24/h5,8-14H,3-4,6-7H2,1-2H3,(H2,22,23,25). The average Bonchev–Trinajstić information content (AvgIpc) is 2.61. The normalized spacial score (nSPS) is 14.1. The maximum Gasteiger partial charge on any atom is 0.319 e. The van der Waals surface area contributed by atoms with Gasteiger partial charge in [-0.2, -0.15) is 0 Å². The number of fused-ring (bicyclic) bond motifs is 1. The van der Waals surface area contributed by atoms with Crippen molar-refractivity contribution in [1.29, 1.82) is 0 Å². The van der Waals surface area contributed by atoms with Crippen molar-refractivity contribution in [2.45, 2.75) is 45.6 Å². The smallest absolute Gasteiger partial charge is 0.319 e. The number of hydrogen-bond acceptors (Lipinski definition) is 3. The molecule has 0 saturated carbocycles. The molecular weight excluding hydrogens is 328 g/mol. The number of rotatable bonds is 4. The number of anilines is 1. The summed E-state index contributed by atoms with van der Waals surface area (Å²) in [6, 6.07) is 12.8. The van der Waals surface area contributed by atoms with Crippen LogP contribution in [-0.2, 0) is 17.6 Å². The Labute approximate surface area is 153 Å². The minimum atomic E-state index is -0.396. The van der Waals surface area contributed by atoms with Crippen LogP contribution >= 0.6 is 0 Å². The van der Waals surface area contributed by atoms with Crippen molar-refractivity contribution in [3.8, 4) is 5.75 Å². The number of urea groups is 1.